The van der Waals surface area contributed by atoms with Crippen LogP contribution in [0.3, 0.4) is 0 Å². The molecule has 204 valence electrons. The lowest BCUT2D eigenvalue weighted by atomic mass is 9.78. The molecule has 1 N–H and O–H groups in total. The van der Waals surface area contributed by atoms with Crippen LogP contribution >= 0.6 is 0 Å². The maximum atomic E-state index is 13.7. The van der Waals surface area contributed by atoms with Gasteiger partial charge < -0.3 is 15.1 Å². The molecule has 0 saturated carbocycles. The number of amidine groups is 1. The Balaban J connectivity index is 1.32. The fourth-order valence-corrected chi connectivity index (χ4v) is 6.44. The molecule has 0 aromatic heterocycles. The number of nitrogens with zero attached hydrogens (tertiary/aromatic N) is 3. The number of aryl methyl sites for hydroxylation is 1. The van der Waals surface area contributed by atoms with E-state index in [1.54, 1.807) is 49.5 Å². The number of anilines is 1. The van der Waals surface area contributed by atoms with Gasteiger partial charge in [0.05, 0.1) is 4.90 Å². The van der Waals surface area contributed by atoms with Crippen LogP contribution < -0.4 is 10.2 Å². The SMILES string of the molecule is C/C=C\NC(C)=NS(=O)(=O)c1ccc(N2CCN(C(=O)[C@@H](C)CC3CCCc4cc(F)ccc43)CC2)cc1. The molecule has 2 aromatic rings. The van der Waals surface area contributed by atoms with Gasteiger partial charge in [-0.3, -0.25) is 4.79 Å². The van der Waals surface area contributed by atoms with Gasteiger partial charge in [-0.25, -0.2) is 4.39 Å². The van der Waals surface area contributed by atoms with Gasteiger partial charge >= 0.3 is 0 Å². The largest absolute Gasteiger partial charge is 0.368 e. The third kappa shape index (κ3) is 6.62. The number of benzene rings is 2. The number of hydrogen-bond acceptors (Lipinski definition) is 4. The van der Waals surface area contributed by atoms with Crippen molar-refractivity contribution in [3.05, 3.63) is 71.7 Å². The van der Waals surface area contributed by atoms with E-state index < -0.39 is 10.0 Å². The molecule has 1 aliphatic carbocycles. The summed E-state index contributed by atoms with van der Waals surface area (Å²) in [5, 5.41) is 2.81. The second kappa shape index (κ2) is 12.1. The normalized spacial score (nSPS) is 19.4. The molecule has 0 spiro atoms. The first-order chi connectivity index (χ1) is 18.2. The van der Waals surface area contributed by atoms with E-state index in [1.165, 1.54) is 11.6 Å². The van der Waals surface area contributed by atoms with Gasteiger partial charge in [-0.2, -0.15) is 8.42 Å². The van der Waals surface area contributed by atoms with Gasteiger partial charge in [0.1, 0.15) is 11.7 Å². The summed E-state index contributed by atoms with van der Waals surface area (Å²) in [5.41, 5.74) is 3.20. The van der Waals surface area contributed by atoms with Crippen molar-refractivity contribution in [2.45, 2.75) is 57.3 Å². The fourth-order valence-electron chi connectivity index (χ4n) is 5.44. The standard InChI is InChI=1S/C29H37FN4O3S/c1-4-14-31-22(3)32-38(36,37)27-11-9-26(10-12-27)33-15-17-34(18-16-33)29(35)21(2)19-23-6-5-7-24-20-25(30)8-13-28(23)24/h4,8-14,20-21,23H,5-7,15-19H2,1-3H3,(H,31,32)/b14-4-/t21-,23?/m0/s1. The van der Waals surface area contributed by atoms with Crippen molar-refractivity contribution < 1.29 is 17.6 Å². The predicted octanol–water partition coefficient (Wildman–Crippen LogP) is 4.85. The smallest absolute Gasteiger partial charge is 0.283 e. The fraction of sp³-hybridized carbons (Fsp3) is 0.448. The first-order valence-corrected chi connectivity index (χ1v) is 14.7. The van der Waals surface area contributed by atoms with E-state index in [-0.39, 0.29) is 22.5 Å². The highest BCUT2D eigenvalue weighted by molar-refractivity contribution is 7.90. The van der Waals surface area contributed by atoms with Crippen LogP contribution in [0.15, 0.2) is 64.0 Å². The van der Waals surface area contributed by atoms with Crippen LogP contribution in [0.5, 0.6) is 0 Å². The summed E-state index contributed by atoms with van der Waals surface area (Å²) in [6.07, 6.45) is 7.13. The minimum Gasteiger partial charge on any atom is -0.368 e. The predicted molar refractivity (Wildman–Crippen MR) is 149 cm³/mol. The van der Waals surface area contributed by atoms with Crippen LogP contribution in [0.2, 0.25) is 0 Å². The van der Waals surface area contributed by atoms with Crippen molar-refractivity contribution in [1.29, 1.82) is 0 Å². The van der Waals surface area contributed by atoms with Crippen molar-refractivity contribution in [2.75, 3.05) is 31.1 Å². The van der Waals surface area contributed by atoms with Crippen molar-refractivity contribution in [3.8, 4) is 0 Å². The third-order valence-corrected chi connectivity index (χ3v) is 8.79. The molecular weight excluding hydrogens is 503 g/mol. The molecule has 1 heterocycles. The third-order valence-electron chi connectivity index (χ3n) is 7.41. The average Bonchev–Trinajstić information content (AvgIpc) is 2.91. The number of amides is 1. The highest BCUT2D eigenvalue weighted by Crippen LogP contribution is 2.36. The van der Waals surface area contributed by atoms with Gasteiger partial charge in [0.25, 0.3) is 10.0 Å². The molecule has 1 unspecified atom stereocenters. The van der Waals surface area contributed by atoms with Crippen molar-refractivity contribution in [3.63, 3.8) is 0 Å². The Labute approximate surface area is 225 Å². The maximum absolute atomic E-state index is 13.7. The lowest BCUT2D eigenvalue weighted by Gasteiger charge is -2.38. The highest BCUT2D eigenvalue weighted by atomic mass is 32.2. The van der Waals surface area contributed by atoms with Gasteiger partial charge in [0, 0.05) is 37.8 Å². The maximum Gasteiger partial charge on any atom is 0.283 e. The van der Waals surface area contributed by atoms with Gasteiger partial charge in [0.15, 0.2) is 0 Å². The molecular formula is C29H37FN4O3S. The summed E-state index contributed by atoms with van der Waals surface area (Å²) < 4.78 is 42.6. The molecule has 2 aromatic carbocycles. The highest BCUT2D eigenvalue weighted by Gasteiger charge is 2.29. The van der Waals surface area contributed by atoms with Crippen LogP contribution in [-0.2, 0) is 21.2 Å². The molecule has 7 nitrogen and oxygen atoms in total. The molecule has 0 radical (unpaired) electrons. The summed E-state index contributed by atoms with van der Waals surface area (Å²) in [6.45, 7) is 8.03. The second-order valence-corrected chi connectivity index (χ2v) is 11.8. The Morgan fingerprint density at radius 2 is 1.87 bits per heavy atom. The Hall–Kier alpha value is -3.20. The summed E-state index contributed by atoms with van der Waals surface area (Å²) in [6, 6.07) is 11.8. The van der Waals surface area contributed by atoms with Crippen LogP contribution in [0.4, 0.5) is 10.1 Å². The molecule has 2 atom stereocenters. The molecule has 9 heteroatoms. The van der Waals surface area contributed by atoms with Crippen molar-refractivity contribution in [1.82, 2.24) is 10.2 Å². The summed E-state index contributed by atoms with van der Waals surface area (Å²) in [7, 11) is -3.80. The van der Waals surface area contributed by atoms with E-state index in [9.17, 15) is 17.6 Å². The molecule has 0 bridgehead atoms. The number of hydrogen-bond donors (Lipinski definition) is 1. The van der Waals surface area contributed by atoms with Gasteiger partial charge in [-0.15, -0.1) is 4.40 Å². The number of fused-ring (bicyclic) bond motifs is 1. The minimum atomic E-state index is -3.80. The van der Waals surface area contributed by atoms with E-state index in [0.29, 0.717) is 37.9 Å². The molecule has 38 heavy (non-hydrogen) atoms. The van der Waals surface area contributed by atoms with E-state index in [2.05, 4.69) is 14.6 Å². The number of rotatable bonds is 7. The quantitative estimate of drug-likeness (QED) is 0.401. The average molecular weight is 541 g/mol. The van der Waals surface area contributed by atoms with E-state index in [0.717, 1.165) is 36.9 Å². The van der Waals surface area contributed by atoms with Gasteiger partial charge in [0.2, 0.25) is 5.91 Å². The van der Waals surface area contributed by atoms with Crippen molar-refractivity contribution in [2.24, 2.45) is 10.3 Å². The van der Waals surface area contributed by atoms with E-state index >= 15 is 0 Å². The number of nitrogens with one attached hydrogen (secondary N) is 1. The molecule has 1 fully saturated rings. The number of piperazine rings is 1. The molecule has 1 aliphatic heterocycles. The zero-order valence-corrected chi connectivity index (χ0v) is 23.2. The Kier molecular flexibility index (Phi) is 8.87. The number of carbonyl (C=O) groups is 1. The Bertz CT molecular complexity index is 1300. The summed E-state index contributed by atoms with van der Waals surface area (Å²) in [5.74, 6) is 0.465. The molecule has 4 rings (SSSR count). The van der Waals surface area contributed by atoms with Crippen LogP contribution in [0.1, 0.15) is 57.1 Å². The van der Waals surface area contributed by atoms with Crippen LogP contribution in [0, 0.1) is 11.7 Å². The monoisotopic (exact) mass is 540 g/mol. The van der Waals surface area contributed by atoms with Gasteiger partial charge in [-0.1, -0.05) is 19.1 Å². The first kappa shape index (κ1) is 27.8. The van der Waals surface area contributed by atoms with Crippen LogP contribution in [-0.4, -0.2) is 51.2 Å². The minimum absolute atomic E-state index is 0.0987. The lowest BCUT2D eigenvalue weighted by Crippen LogP contribution is -2.50. The zero-order valence-electron chi connectivity index (χ0n) is 22.4. The number of halogens is 1. The second-order valence-electron chi connectivity index (χ2n) is 10.2. The summed E-state index contributed by atoms with van der Waals surface area (Å²) in [4.78, 5) is 17.5. The Morgan fingerprint density at radius 1 is 1.16 bits per heavy atom. The number of allylic oxidation sites excluding steroid dienone is 1. The first-order valence-electron chi connectivity index (χ1n) is 13.3. The van der Waals surface area contributed by atoms with Crippen LogP contribution in [0.25, 0.3) is 0 Å². The Morgan fingerprint density at radius 3 is 2.55 bits per heavy atom. The summed E-state index contributed by atoms with van der Waals surface area (Å²) >= 11 is 0. The lowest BCUT2D eigenvalue weighted by molar-refractivity contribution is -0.135. The zero-order chi connectivity index (χ0) is 27.3. The van der Waals surface area contributed by atoms with Gasteiger partial charge in [-0.05, 0) is 99.2 Å². The van der Waals surface area contributed by atoms with Crippen molar-refractivity contribution >= 4 is 27.5 Å². The number of sulfonamides is 1. The van der Waals surface area contributed by atoms with E-state index in [4.69, 9.17) is 0 Å². The number of carbonyl (C=O) groups excluding carboxylic acids is 1. The van der Waals surface area contributed by atoms with E-state index in [1.807, 2.05) is 24.8 Å². The topological polar surface area (TPSA) is 82.1 Å². The molecule has 1 saturated heterocycles. The molecule has 2 aliphatic rings. The molecule has 1 amide bonds.